The molecule has 1 aromatic heterocycles. The van der Waals surface area contributed by atoms with Crippen molar-refractivity contribution in [3.05, 3.63) is 39.6 Å². The summed E-state index contributed by atoms with van der Waals surface area (Å²) in [6.45, 7) is 1.40. The van der Waals surface area contributed by atoms with Gasteiger partial charge in [-0.3, -0.25) is 10.1 Å². The number of nitrogens with zero attached hydrogens (tertiary/aromatic N) is 3. The summed E-state index contributed by atoms with van der Waals surface area (Å²) in [7, 11) is 3.01. The quantitative estimate of drug-likeness (QED) is 0.668. The van der Waals surface area contributed by atoms with E-state index in [2.05, 4.69) is 5.10 Å². The molecule has 1 N–H and O–H groups in total. The van der Waals surface area contributed by atoms with Crippen LogP contribution in [0.5, 0.6) is 17.4 Å². The Labute approximate surface area is 120 Å². The molecule has 0 radical (unpaired) electrons. The molecule has 0 aliphatic rings. The lowest BCUT2D eigenvalue weighted by molar-refractivity contribution is -0.386. The Morgan fingerprint density at radius 3 is 2.71 bits per heavy atom. The summed E-state index contributed by atoms with van der Waals surface area (Å²) in [6, 6.07) is 4.83. The van der Waals surface area contributed by atoms with E-state index in [-0.39, 0.29) is 23.9 Å². The van der Waals surface area contributed by atoms with Crippen molar-refractivity contribution < 1.29 is 19.5 Å². The average molecular weight is 293 g/mol. The zero-order valence-electron chi connectivity index (χ0n) is 11.9. The van der Waals surface area contributed by atoms with Crippen molar-refractivity contribution in [3.63, 3.8) is 0 Å². The second-order valence-corrected chi connectivity index (χ2v) is 4.37. The highest BCUT2D eigenvalue weighted by Gasteiger charge is 2.27. The lowest BCUT2D eigenvalue weighted by Crippen LogP contribution is -1.99. The molecule has 8 nitrogen and oxygen atoms in total. The summed E-state index contributed by atoms with van der Waals surface area (Å²) >= 11 is 0. The van der Waals surface area contributed by atoms with Gasteiger partial charge in [-0.25, -0.2) is 4.68 Å². The van der Waals surface area contributed by atoms with E-state index in [1.807, 2.05) is 0 Å². The molecule has 0 atom stereocenters. The monoisotopic (exact) mass is 293 g/mol. The zero-order chi connectivity index (χ0) is 15.6. The highest BCUT2D eigenvalue weighted by Crippen LogP contribution is 2.37. The van der Waals surface area contributed by atoms with Crippen molar-refractivity contribution in [2.45, 2.75) is 13.5 Å². The Bertz CT molecular complexity index is 681. The standard InChI is InChI=1S/C13H15N3O5/c1-8-12(16(18)19)13(15(2)14-8)21-10-5-4-9(7-17)6-11(10)20-3/h4-6,17H,7H2,1-3H3. The zero-order valence-corrected chi connectivity index (χ0v) is 11.9. The van der Waals surface area contributed by atoms with Gasteiger partial charge in [0.2, 0.25) is 0 Å². The summed E-state index contributed by atoms with van der Waals surface area (Å²) in [5.74, 6) is 0.697. The van der Waals surface area contributed by atoms with Gasteiger partial charge in [-0.15, -0.1) is 0 Å². The predicted molar refractivity (Wildman–Crippen MR) is 73.6 cm³/mol. The van der Waals surface area contributed by atoms with Gasteiger partial charge in [0.25, 0.3) is 5.88 Å². The van der Waals surface area contributed by atoms with E-state index in [1.54, 1.807) is 25.2 Å². The second-order valence-electron chi connectivity index (χ2n) is 4.37. The third kappa shape index (κ3) is 2.79. The van der Waals surface area contributed by atoms with Crippen molar-refractivity contribution in [2.75, 3.05) is 7.11 Å². The van der Waals surface area contributed by atoms with E-state index in [9.17, 15) is 10.1 Å². The minimum absolute atomic E-state index is 0.0209. The fourth-order valence-electron chi connectivity index (χ4n) is 1.95. The molecule has 0 aliphatic carbocycles. The topological polar surface area (TPSA) is 99.7 Å². The fourth-order valence-corrected chi connectivity index (χ4v) is 1.95. The van der Waals surface area contributed by atoms with Crippen LogP contribution < -0.4 is 9.47 Å². The van der Waals surface area contributed by atoms with E-state index in [0.29, 0.717) is 17.1 Å². The van der Waals surface area contributed by atoms with Crippen LogP contribution in [0, 0.1) is 17.0 Å². The first-order chi connectivity index (χ1) is 9.97. The molecule has 0 fully saturated rings. The third-order valence-electron chi connectivity index (χ3n) is 2.94. The molecule has 0 saturated carbocycles. The van der Waals surface area contributed by atoms with E-state index in [4.69, 9.17) is 14.6 Å². The van der Waals surface area contributed by atoms with Gasteiger partial charge in [-0.2, -0.15) is 5.10 Å². The molecule has 21 heavy (non-hydrogen) atoms. The maximum atomic E-state index is 11.1. The van der Waals surface area contributed by atoms with Crippen molar-refractivity contribution >= 4 is 5.69 Å². The van der Waals surface area contributed by atoms with Crippen molar-refractivity contribution in [1.82, 2.24) is 9.78 Å². The van der Waals surface area contributed by atoms with Crippen molar-refractivity contribution in [2.24, 2.45) is 7.05 Å². The van der Waals surface area contributed by atoms with Crippen LogP contribution in [0.4, 0.5) is 5.69 Å². The maximum absolute atomic E-state index is 11.1. The van der Waals surface area contributed by atoms with Crippen molar-refractivity contribution in [1.29, 1.82) is 0 Å². The molecule has 1 heterocycles. The van der Waals surface area contributed by atoms with Crippen LogP contribution in [0.15, 0.2) is 18.2 Å². The molecule has 0 amide bonds. The van der Waals surface area contributed by atoms with Crippen LogP contribution in [-0.2, 0) is 13.7 Å². The van der Waals surface area contributed by atoms with Crippen LogP contribution in [0.25, 0.3) is 0 Å². The Morgan fingerprint density at radius 1 is 1.43 bits per heavy atom. The largest absolute Gasteiger partial charge is 0.493 e. The first-order valence-corrected chi connectivity index (χ1v) is 6.11. The number of aryl methyl sites for hydroxylation is 2. The van der Waals surface area contributed by atoms with Crippen LogP contribution in [0.1, 0.15) is 11.3 Å². The number of aliphatic hydroxyl groups is 1. The highest BCUT2D eigenvalue weighted by molar-refractivity contribution is 5.51. The normalized spacial score (nSPS) is 10.5. The van der Waals surface area contributed by atoms with Crippen LogP contribution in [0.2, 0.25) is 0 Å². The summed E-state index contributed by atoms with van der Waals surface area (Å²) in [6.07, 6.45) is 0. The Morgan fingerprint density at radius 2 is 2.14 bits per heavy atom. The van der Waals surface area contributed by atoms with Crippen molar-refractivity contribution in [3.8, 4) is 17.4 Å². The van der Waals surface area contributed by atoms with Gasteiger partial charge in [0, 0.05) is 7.05 Å². The number of aliphatic hydroxyl groups excluding tert-OH is 1. The minimum atomic E-state index is -0.535. The second kappa shape index (κ2) is 5.80. The molecular weight excluding hydrogens is 278 g/mol. The first kappa shape index (κ1) is 14.8. The molecule has 0 unspecified atom stereocenters. The lowest BCUT2D eigenvalue weighted by Gasteiger charge is -2.10. The number of nitro groups is 1. The SMILES string of the molecule is COc1cc(CO)ccc1Oc1c([N+](=O)[O-])c(C)nn1C. The van der Waals surface area contributed by atoms with E-state index in [0.717, 1.165) is 0 Å². The first-order valence-electron chi connectivity index (χ1n) is 6.11. The van der Waals surface area contributed by atoms with Gasteiger partial charge in [-0.1, -0.05) is 6.07 Å². The number of benzene rings is 1. The van der Waals surface area contributed by atoms with Crippen LogP contribution >= 0.6 is 0 Å². The van der Waals surface area contributed by atoms with E-state index < -0.39 is 4.92 Å². The Kier molecular flexibility index (Phi) is 4.08. The number of rotatable bonds is 5. The van der Waals surface area contributed by atoms with Gasteiger partial charge in [0.05, 0.1) is 18.6 Å². The molecule has 8 heteroatoms. The van der Waals surface area contributed by atoms with Gasteiger partial charge < -0.3 is 14.6 Å². The molecule has 0 bridgehead atoms. The maximum Gasteiger partial charge on any atom is 0.353 e. The summed E-state index contributed by atoms with van der Waals surface area (Å²) in [5.41, 5.74) is 0.726. The molecule has 1 aromatic carbocycles. The van der Waals surface area contributed by atoms with E-state index >= 15 is 0 Å². The van der Waals surface area contributed by atoms with E-state index in [1.165, 1.54) is 18.7 Å². The van der Waals surface area contributed by atoms with Gasteiger partial charge in [-0.05, 0) is 24.6 Å². The number of aromatic nitrogens is 2. The number of ether oxygens (including phenoxy) is 2. The Hall–Kier alpha value is -2.61. The fraction of sp³-hybridized carbons (Fsp3) is 0.308. The summed E-state index contributed by atoms with van der Waals surface area (Å²) in [4.78, 5) is 10.6. The highest BCUT2D eigenvalue weighted by atomic mass is 16.6. The molecule has 0 spiro atoms. The lowest BCUT2D eigenvalue weighted by atomic mass is 10.2. The molecule has 2 rings (SSSR count). The Balaban J connectivity index is 2.45. The summed E-state index contributed by atoms with van der Waals surface area (Å²) < 4.78 is 12.1. The van der Waals surface area contributed by atoms with Crippen LogP contribution in [-0.4, -0.2) is 26.9 Å². The molecular formula is C13H15N3O5. The minimum Gasteiger partial charge on any atom is -0.493 e. The number of hydrogen-bond acceptors (Lipinski definition) is 6. The average Bonchev–Trinajstić information content (AvgIpc) is 2.73. The predicted octanol–water partition coefficient (Wildman–Crippen LogP) is 1.93. The molecule has 112 valence electrons. The smallest absolute Gasteiger partial charge is 0.353 e. The number of methoxy groups -OCH3 is 1. The molecule has 0 saturated heterocycles. The van der Waals surface area contributed by atoms with Crippen LogP contribution in [0.3, 0.4) is 0 Å². The van der Waals surface area contributed by atoms with Gasteiger partial charge in [0.1, 0.15) is 5.69 Å². The van der Waals surface area contributed by atoms with Gasteiger partial charge in [0.15, 0.2) is 11.5 Å². The van der Waals surface area contributed by atoms with Gasteiger partial charge >= 0.3 is 5.69 Å². The summed E-state index contributed by atoms with van der Waals surface area (Å²) in [5, 5.41) is 24.2. The molecule has 2 aromatic rings. The number of hydrogen-bond donors (Lipinski definition) is 1. The third-order valence-corrected chi connectivity index (χ3v) is 2.94. The molecule has 0 aliphatic heterocycles.